The maximum atomic E-state index is 5.38. The Morgan fingerprint density at radius 2 is 2.10 bits per heavy atom. The van der Waals surface area contributed by atoms with Gasteiger partial charge in [0.15, 0.2) is 0 Å². The molecule has 0 radical (unpaired) electrons. The Morgan fingerprint density at radius 3 is 2.76 bits per heavy atom. The van der Waals surface area contributed by atoms with Gasteiger partial charge in [0.05, 0.1) is 7.11 Å². The van der Waals surface area contributed by atoms with Crippen LogP contribution in [0, 0.1) is 0 Å². The molecule has 0 spiro atoms. The van der Waals surface area contributed by atoms with Crippen LogP contribution in [-0.4, -0.2) is 38.2 Å². The third kappa shape index (κ3) is 3.78. The molecule has 0 aromatic heterocycles. The van der Waals surface area contributed by atoms with Gasteiger partial charge in [-0.1, -0.05) is 19.9 Å². The van der Waals surface area contributed by atoms with Crippen LogP contribution in [-0.2, 0) is 6.42 Å². The van der Waals surface area contributed by atoms with E-state index in [0.717, 1.165) is 18.7 Å². The van der Waals surface area contributed by atoms with Crippen molar-refractivity contribution in [2.45, 2.75) is 51.6 Å². The molecular formula is C18H30N2O. The topological polar surface area (TPSA) is 24.5 Å². The van der Waals surface area contributed by atoms with Crippen molar-refractivity contribution in [3.05, 3.63) is 29.3 Å². The summed E-state index contributed by atoms with van der Waals surface area (Å²) in [5, 5.41) is 3.77. The summed E-state index contributed by atoms with van der Waals surface area (Å²) in [5.74, 6) is 0.975. The van der Waals surface area contributed by atoms with Gasteiger partial charge in [-0.25, -0.2) is 0 Å². The zero-order chi connectivity index (χ0) is 15.2. The first-order valence-electron chi connectivity index (χ1n) is 8.31. The first-order valence-corrected chi connectivity index (χ1v) is 8.31. The van der Waals surface area contributed by atoms with Crippen molar-refractivity contribution in [2.24, 2.45) is 0 Å². The zero-order valence-corrected chi connectivity index (χ0v) is 14.0. The van der Waals surface area contributed by atoms with Crippen LogP contribution in [0.4, 0.5) is 0 Å². The Labute approximate surface area is 129 Å². The van der Waals surface area contributed by atoms with E-state index >= 15 is 0 Å². The molecule has 1 aromatic carbocycles. The second kappa shape index (κ2) is 7.81. The van der Waals surface area contributed by atoms with Crippen LogP contribution in [0.15, 0.2) is 18.2 Å². The van der Waals surface area contributed by atoms with E-state index in [-0.39, 0.29) is 0 Å². The van der Waals surface area contributed by atoms with Crippen molar-refractivity contribution in [1.82, 2.24) is 10.2 Å². The summed E-state index contributed by atoms with van der Waals surface area (Å²) in [6.45, 7) is 6.73. The number of nitrogens with zero attached hydrogens (tertiary/aromatic N) is 1. The van der Waals surface area contributed by atoms with Crippen molar-refractivity contribution in [3.8, 4) is 5.75 Å². The summed E-state index contributed by atoms with van der Waals surface area (Å²) in [6.07, 6.45) is 4.75. The number of benzene rings is 1. The Bertz CT molecular complexity index is 447. The molecule has 0 heterocycles. The van der Waals surface area contributed by atoms with Crippen molar-refractivity contribution in [3.63, 3.8) is 0 Å². The monoisotopic (exact) mass is 290 g/mol. The highest BCUT2D eigenvalue weighted by molar-refractivity contribution is 5.40. The van der Waals surface area contributed by atoms with Gasteiger partial charge >= 0.3 is 0 Å². The molecular weight excluding hydrogens is 260 g/mol. The van der Waals surface area contributed by atoms with E-state index in [2.05, 4.69) is 49.3 Å². The van der Waals surface area contributed by atoms with Crippen LogP contribution in [0.5, 0.6) is 5.75 Å². The van der Waals surface area contributed by atoms with Crippen LogP contribution in [0.3, 0.4) is 0 Å². The maximum Gasteiger partial charge on any atom is 0.119 e. The van der Waals surface area contributed by atoms with Crippen LogP contribution in [0.2, 0.25) is 0 Å². The quantitative estimate of drug-likeness (QED) is 0.833. The van der Waals surface area contributed by atoms with Gasteiger partial charge in [-0.2, -0.15) is 0 Å². The standard InChI is InChI=1S/C18H30N2O/c1-5-11-19-18-16-9-8-15(21-4)13-14(16)7-10-17(18)20(3)12-6-2/h8-9,13,17-19H,5-7,10-12H2,1-4H3. The molecule has 3 heteroatoms. The van der Waals surface area contributed by atoms with Crippen molar-refractivity contribution in [2.75, 3.05) is 27.2 Å². The normalized spacial score (nSPS) is 21.4. The SMILES string of the molecule is CCCNC1c2ccc(OC)cc2CCC1N(C)CCC. The van der Waals surface area contributed by atoms with Gasteiger partial charge in [0, 0.05) is 12.1 Å². The molecule has 0 aliphatic heterocycles. The largest absolute Gasteiger partial charge is 0.497 e. The number of methoxy groups -OCH3 is 1. The van der Waals surface area contributed by atoms with E-state index in [4.69, 9.17) is 4.74 Å². The lowest BCUT2D eigenvalue weighted by atomic mass is 9.83. The molecule has 2 rings (SSSR count). The third-order valence-corrected chi connectivity index (χ3v) is 4.54. The Kier molecular flexibility index (Phi) is 6.07. The molecule has 1 aliphatic rings. The number of likely N-dealkylation sites (N-methyl/N-ethyl adjacent to an activating group) is 1. The Balaban J connectivity index is 2.25. The fourth-order valence-electron chi connectivity index (χ4n) is 3.45. The van der Waals surface area contributed by atoms with Crippen molar-refractivity contribution < 1.29 is 4.74 Å². The van der Waals surface area contributed by atoms with Crippen LogP contribution >= 0.6 is 0 Å². The maximum absolute atomic E-state index is 5.38. The van der Waals surface area contributed by atoms with Gasteiger partial charge in [-0.3, -0.25) is 0 Å². The molecule has 0 fully saturated rings. The summed E-state index contributed by atoms with van der Waals surface area (Å²) in [5.41, 5.74) is 2.91. The first-order chi connectivity index (χ1) is 10.2. The highest BCUT2D eigenvalue weighted by Gasteiger charge is 2.31. The number of fused-ring (bicyclic) bond motifs is 1. The molecule has 0 bridgehead atoms. The number of hydrogen-bond acceptors (Lipinski definition) is 3. The Morgan fingerprint density at radius 1 is 1.29 bits per heavy atom. The van der Waals surface area contributed by atoms with Gasteiger partial charge in [0.25, 0.3) is 0 Å². The number of aryl methyl sites for hydroxylation is 1. The highest BCUT2D eigenvalue weighted by Crippen LogP contribution is 2.34. The minimum absolute atomic E-state index is 0.441. The van der Waals surface area contributed by atoms with E-state index in [9.17, 15) is 0 Å². The van der Waals surface area contributed by atoms with E-state index in [1.165, 1.54) is 36.9 Å². The number of rotatable bonds is 7. The number of hydrogen-bond donors (Lipinski definition) is 1. The molecule has 1 aromatic rings. The van der Waals surface area contributed by atoms with Gasteiger partial charge < -0.3 is 15.0 Å². The van der Waals surface area contributed by atoms with Crippen LogP contribution < -0.4 is 10.1 Å². The lowest BCUT2D eigenvalue weighted by Crippen LogP contribution is -2.46. The van der Waals surface area contributed by atoms with Gasteiger partial charge in [0.2, 0.25) is 0 Å². The molecule has 118 valence electrons. The van der Waals surface area contributed by atoms with E-state index in [1.807, 2.05) is 0 Å². The van der Waals surface area contributed by atoms with E-state index < -0.39 is 0 Å². The van der Waals surface area contributed by atoms with Crippen molar-refractivity contribution >= 4 is 0 Å². The first kappa shape index (κ1) is 16.3. The van der Waals surface area contributed by atoms with Crippen molar-refractivity contribution in [1.29, 1.82) is 0 Å². The average molecular weight is 290 g/mol. The highest BCUT2D eigenvalue weighted by atomic mass is 16.5. The number of nitrogens with one attached hydrogen (secondary N) is 1. The minimum Gasteiger partial charge on any atom is -0.497 e. The van der Waals surface area contributed by atoms with E-state index in [0.29, 0.717) is 12.1 Å². The molecule has 0 amide bonds. The molecule has 1 N–H and O–H groups in total. The minimum atomic E-state index is 0.441. The summed E-state index contributed by atoms with van der Waals surface area (Å²) in [4.78, 5) is 2.53. The van der Waals surface area contributed by atoms with Crippen LogP contribution in [0.25, 0.3) is 0 Å². The summed E-state index contributed by atoms with van der Waals surface area (Å²) in [6, 6.07) is 7.61. The predicted molar refractivity (Wildman–Crippen MR) is 89.1 cm³/mol. The summed E-state index contributed by atoms with van der Waals surface area (Å²) < 4.78 is 5.38. The number of ether oxygens (including phenoxy) is 1. The second-order valence-corrected chi connectivity index (χ2v) is 6.08. The predicted octanol–water partition coefficient (Wildman–Crippen LogP) is 3.39. The van der Waals surface area contributed by atoms with Gasteiger partial charge in [-0.15, -0.1) is 0 Å². The fourth-order valence-corrected chi connectivity index (χ4v) is 3.45. The van der Waals surface area contributed by atoms with Gasteiger partial charge in [-0.05, 0) is 69.1 Å². The summed E-state index contributed by atoms with van der Waals surface area (Å²) >= 11 is 0. The zero-order valence-electron chi connectivity index (χ0n) is 14.0. The van der Waals surface area contributed by atoms with Gasteiger partial charge in [0.1, 0.15) is 5.75 Å². The second-order valence-electron chi connectivity index (χ2n) is 6.08. The molecule has 21 heavy (non-hydrogen) atoms. The molecule has 2 atom stereocenters. The van der Waals surface area contributed by atoms with E-state index in [1.54, 1.807) is 7.11 Å². The summed E-state index contributed by atoms with van der Waals surface area (Å²) in [7, 11) is 4.01. The fraction of sp³-hybridized carbons (Fsp3) is 0.667. The molecule has 2 unspecified atom stereocenters. The van der Waals surface area contributed by atoms with Crippen LogP contribution in [0.1, 0.15) is 50.3 Å². The Hall–Kier alpha value is -1.06. The third-order valence-electron chi connectivity index (χ3n) is 4.54. The molecule has 3 nitrogen and oxygen atoms in total. The average Bonchev–Trinajstić information content (AvgIpc) is 2.51. The lowest BCUT2D eigenvalue weighted by Gasteiger charge is -2.40. The smallest absolute Gasteiger partial charge is 0.119 e. The molecule has 0 saturated heterocycles. The molecule has 1 aliphatic carbocycles. The molecule has 0 saturated carbocycles. The lowest BCUT2D eigenvalue weighted by molar-refractivity contribution is 0.173.